The summed E-state index contributed by atoms with van der Waals surface area (Å²) in [7, 11) is 0. The molecule has 2 aromatic heterocycles. The van der Waals surface area contributed by atoms with Crippen molar-refractivity contribution in [3.63, 3.8) is 0 Å². The Labute approximate surface area is 160 Å². The first-order chi connectivity index (χ1) is 12.7. The van der Waals surface area contributed by atoms with Crippen molar-refractivity contribution in [3.8, 4) is 11.3 Å². The van der Waals surface area contributed by atoms with Gasteiger partial charge < -0.3 is 4.90 Å². The molecule has 0 aliphatic carbocycles. The molecule has 1 amide bonds. The summed E-state index contributed by atoms with van der Waals surface area (Å²) in [4.78, 5) is 23.4. The third kappa shape index (κ3) is 3.57. The minimum absolute atomic E-state index is 0.266. The van der Waals surface area contributed by atoms with Gasteiger partial charge in [0.2, 0.25) is 0 Å². The van der Waals surface area contributed by atoms with Gasteiger partial charge in [0.25, 0.3) is 5.91 Å². The highest BCUT2D eigenvalue weighted by atomic mass is 35.5. The fraction of sp³-hybridized carbons (Fsp3) is 0.211. The molecule has 7 heteroatoms. The van der Waals surface area contributed by atoms with Crippen molar-refractivity contribution < 1.29 is 4.79 Å². The molecule has 4 rings (SSSR count). The number of anilines is 2. The van der Waals surface area contributed by atoms with Crippen molar-refractivity contribution >= 4 is 39.7 Å². The van der Waals surface area contributed by atoms with E-state index in [1.165, 1.54) is 24.2 Å². The highest BCUT2D eigenvalue weighted by Gasteiger charge is 2.15. The van der Waals surface area contributed by atoms with Gasteiger partial charge in [0.15, 0.2) is 5.13 Å². The summed E-state index contributed by atoms with van der Waals surface area (Å²) >= 11 is 7.56. The number of hydrogen-bond acceptors (Lipinski definition) is 5. The van der Waals surface area contributed by atoms with Crippen molar-refractivity contribution in [3.05, 3.63) is 58.7 Å². The molecule has 1 N–H and O–H groups in total. The number of hydrogen-bond donors (Lipinski definition) is 1. The maximum Gasteiger partial charge on any atom is 0.276 e. The van der Waals surface area contributed by atoms with Gasteiger partial charge in [-0.05, 0) is 31.0 Å². The predicted molar refractivity (Wildman–Crippen MR) is 106 cm³/mol. The van der Waals surface area contributed by atoms with Crippen LogP contribution in [0.3, 0.4) is 0 Å². The van der Waals surface area contributed by atoms with Crippen LogP contribution in [0.5, 0.6) is 0 Å². The number of aromatic nitrogens is 2. The van der Waals surface area contributed by atoms with Crippen molar-refractivity contribution in [2.45, 2.75) is 12.8 Å². The lowest BCUT2D eigenvalue weighted by Gasteiger charge is -2.16. The number of carbonyl (C=O) groups excluding carboxylic acids is 1. The summed E-state index contributed by atoms with van der Waals surface area (Å²) in [5.74, 6) is -0.266. The molecule has 0 bridgehead atoms. The average Bonchev–Trinajstić information content (AvgIpc) is 3.34. The zero-order valence-electron chi connectivity index (χ0n) is 14.0. The summed E-state index contributed by atoms with van der Waals surface area (Å²) in [5.41, 5.74) is 3.03. The Kier molecular flexibility index (Phi) is 4.86. The largest absolute Gasteiger partial charge is 0.370 e. The SMILES string of the molecule is O=C(Nc1nc(-c2ccccc2Cl)cs1)c1ccc(N2CCCC2)cn1. The first-order valence-electron chi connectivity index (χ1n) is 8.43. The minimum atomic E-state index is -0.266. The van der Waals surface area contributed by atoms with E-state index in [9.17, 15) is 4.79 Å². The molecule has 0 atom stereocenters. The highest BCUT2D eigenvalue weighted by molar-refractivity contribution is 7.14. The molecular weight excluding hydrogens is 368 g/mol. The summed E-state index contributed by atoms with van der Waals surface area (Å²) in [5, 5.41) is 5.84. The van der Waals surface area contributed by atoms with Crippen LogP contribution in [-0.4, -0.2) is 29.0 Å². The van der Waals surface area contributed by atoms with Gasteiger partial charge in [-0.15, -0.1) is 11.3 Å². The molecule has 26 heavy (non-hydrogen) atoms. The van der Waals surface area contributed by atoms with Crippen molar-refractivity contribution in [2.24, 2.45) is 0 Å². The molecule has 132 valence electrons. The van der Waals surface area contributed by atoms with E-state index >= 15 is 0 Å². The third-order valence-corrected chi connectivity index (χ3v) is 5.41. The summed E-state index contributed by atoms with van der Waals surface area (Å²) in [6.07, 6.45) is 4.18. The number of pyridine rings is 1. The lowest BCUT2D eigenvalue weighted by atomic mass is 10.2. The molecule has 3 aromatic rings. The second kappa shape index (κ2) is 7.43. The van der Waals surface area contributed by atoms with E-state index in [2.05, 4.69) is 20.2 Å². The van der Waals surface area contributed by atoms with E-state index in [1.807, 2.05) is 35.7 Å². The zero-order chi connectivity index (χ0) is 17.9. The van der Waals surface area contributed by atoms with Gasteiger partial charge in [0, 0.05) is 29.1 Å². The Morgan fingerprint density at radius 3 is 2.69 bits per heavy atom. The van der Waals surface area contributed by atoms with Crippen LogP contribution in [-0.2, 0) is 0 Å². The Balaban J connectivity index is 1.46. The normalized spacial score (nSPS) is 13.8. The second-order valence-corrected chi connectivity index (χ2v) is 7.33. The van der Waals surface area contributed by atoms with E-state index in [4.69, 9.17) is 11.6 Å². The first-order valence-corrected chi connectivity index (χ1v) is 9.69. The van der Waals surface area contributed by atoms with Crippen LogP contribution in [0, 0.1) is 0 Å². The number of nitrogens with one attached hydrogen (secondary N) is 1. The average molecular weight is 385 g/mol. The Bertz CT molecular complexity index is 919. The van der Waals surface area contributed by atoms with Crippen LogP contribution in [0.1, 0.15) is 23.3 Å². The van der Waals surface area contributed by atoms with Crippen LogP contribution in [0.25, 0.3) is 11.3 Å². The first kappa shape index (κ1) is 17.0. The van der Waals surface area contributed by atoms with Crippen molar-refractivity contribution in [1.82, 2.24) is 9.97 Å². The monoisotopic (exact) mass is 384 g/mol. The van der Waals surface area contributed by atoms with Crippen LogP contribution < -0.4 is 10.2 Å². The molecule has 1 fully saturated rings. The molecule has 0 unspecified atom stereocenters. The van der Waals surface area contributed by atoms with Crippen LogP contribution in [0.2, 0.25) is 5.02 Å². The fourth-order valence-electron chi connectivity index (χ4n) is 2.97. The van der Waals surface area contributed by atoms with Crippen molar-refractivity contribution in [2.75, 3.05) is 23.3 Å². The van der Waals surface area contributed by atoms with E-state index < -0.39 is 0 Å². The molecule has 3 heterocycles. The molecule has 0 spiro atoms. The third-order valence-electron chi connectivity index (χ3n) is 4.33. The van der Waals surface area contributed by atoms with Crippen LogP contribution >= 0.6 is 22.9 Å². The molecule has 0 radical (unpaired) electrons. The Morgan fingerprint density at radius 1 is 1.15 bits per heavy atom. The van der Waals surface area contributed by atoms with E-state index in [1.54, 1.807) is 12.3 Å². The van der Waals surface area contributed by atoms with Gasteiger partial charge in [-0.25, -0.2) is 9.97 Å². The van der Waals surface area contributed by atoms with E-state index in [0.717, 1.165) is 30.0 Å². The predicted octanol–water partition coefficient (Wildman–Crippen LogP) is 4.71. The quantitative estimate of drug-likeness (QED) is 0.707. The molecule has 1 aliphatic rings. The van der Waals surface area contributed by atoms with Gasteiger partial charge >= 0.3 is 0 Å². The standard InChI is InChI=1S/C19H17ClN4OS/c20-15-6-2-1-5-14(15)17-12-26-19(22-17)23-18(25)16-8-7-13(11-21-16)24-9-3-4-10-24/h1-2,5-8,11-12H,3-4,9-10H2,(H,22,23,25). The van der Waals surface area contributed by atoms with Gasteiger partial charge in [0.05, 0.1) is 17.6 Å². The van der Waals surface area contributed by atoms with Gasteiger partial charge in [0.1, 0.15) is 5.69 Å². The number of thiazole rings is 1. The fourth-order valence-corrected chi connectivity index (χ4v) is 3.91. The van der Waals surface area contributed by atoms with E-state index in [0.29, 0.717) is 15.8 Å². The lowest BCUT2D eigenvalue weighted by molar-refractivity contribution is 0.102. The maximum atomic E-state index is 12.4. The topological polar surface area (TPSA) is 58.1 Å². The second-order valence-electron chi connectivity index (χ2n) is 6.07. The molecule has 1 saturated heterocycles. The molecule has 1 aliphatic heterocycles. The lowest BCUT2D eigenvalue weighted by Crippen LogP contribution is -2.19. The maximum absolute atomic E-state index is 12.4. The van der Waals surface area contributed by atoms with E-state index in [-0.39, 0.29) is 5.91 Å². The van der Waals surface area contributed by atoms with Gasteiger partial charge in [-0.3, -0.25) is 10.1 Å². The molecular formula is C19H17ClN4OS. The number of nitrogens with zero attached hydrogens (tertiary/aromatic N) is 3. The number of halogens is 1. The molecule has 5 nitrogen and oxygen atoms in total. The minimum Gasteiger partial charge on any atom is -0.370 e. The number of benzene rings is 1. The Hall–Kier alpha value is -2.44. The Morgan fingerprint density at radius 2 is 1.96 bits per heavy atom. The van der Waals surface area contributed by atoms with Crippen LogP contribution in [0.4, 0.5) is 10.8 Å². The smallest absolute Gasteiger partial charge is 0.276 e. The van der Waals surface area contributed by atoms with Crippen molar-refractivity contribution in [1.29, 1.82) is 0 Å². The van der Waals surface area contributed by atoms with Crippen LogP contribution in [0.15, 0.2) is 48.0 Å². The van der Waals surface area contributed by atoms with Gasteiger partial charge in [-0.2, -0.15) is 0 Å². The molecule has 1 aromatic carbocycles. The zero-order valence-corrected chi connectivity index (χ0v) is 15.6. The number of amides is 1. The number of rotatable bonds is 4. The van der Waals surface area contributed by atoms with Gasteiger partial charge in [-0.1, -0.05) is 29.8 Å². The summed E-state index contributed by atoms with van der Waals surface area (Å²) < 4.78 is 0. The summed E-state index contributed by atoms with van der Waals surface area (Å²) in [6, 6.07) is 11.2. The number of carbonyl (C=O) groups is 1. The highest BCUT2D eigenvalue weighted by Crippen LogP contribution is 2.30. The summed E-state index contributed by atoms with van der Waals surface area (Å²) in [6.45, 7) is 2.11. The molecule has 0 saturated carbocycles.